The maximum absolute atomic E-state index is 5.68. The molecule has 0 unspecified atom stereocenters. The van der Waals surface area contributed by atoms with Crippen LogP contribution in [-0.2, 0) is 4.74 Å². The standard InChI is InChI=1S/C11H12BrN3O2/c1-11(5-16-6-11)7-17-10-3-2-9-13-4-8(12)15(9)14-10/h2-4H,5-7H2,1H3. The fourth-order valence-corrected chi connectivity index (χ4v) is 2.05. The molecular formula is C11H12BrN3O2. The molecule has 0 aliphatic carbocycles. The van der Waals surface area contributed by atoms with Gasteiger partial charge in [-0.2, -0.15) is 0 Å². The van der Waals surface area contributed by atoms with Crippen molar-refractivity contribution in [2.24, 2.45) is 5.41 Å². The Bertz CT molecular complexity index is 551. The number of nitrogens with zero attached hydrogens (tertiary/aromatic N) is 3. The second-order valence-corrected chi connectivity index (χ2v) is 5.43. The number of fused-ring (bicyclic) bond motifs is 1. The molecule has 6 heteroatoms. The van der Waals surface area contributed by atoms with E-state index in [0.29, 0.717) is 12.5 Å². The molecule has 3 rings (SSSR count). The second-order valence-electron chi connectivity index (χ2n) is 4.61. The summed E-state index contributed by atoms with van der Waals surface area (Å²) < 4.78 is 13.4. The van der Waals surface area contributed by atoms with Crippen LogP contribution in [0.15, 0.2) is 22.9 Å². The minimum absolute atomic E-state index is 0.128. The Hall–Kier alpha value is -1.14. The first-order chi connectivity index (χ1) is 8.16. The molecular weight excluding hydrogens is 286 g/mol. The van der Waals surface area contributed by atoms with Crippen molar-refractivity contribution < 1.29 is 9.47 Å². The van der Waals surface area contributed by atoms with Gasteiger partial charge in [0.2, 0.25) is 5.88 Å². The SMILES string of the molecule is CC1(COc2ccc3ncc(Br)n3n2)COC1. The van der Waals surface area contributed by atoms with Gasteiger partial charge in [-0.3, -0.25) is 0 Å². The Morgan fingerprint density at radius 1 is 1.53 bits per heavy atom. The van der Waals surface area contributed by atoms with E-state index < -0.39 is 0 Å². The summed E-state index contributed by atoms with van der Waals surface area (Å²) >= 11 is 3.38. The van der Waals surface area contributed by atoms with E-state index in [2.05, 4.69) is 32.9 Å². The normalized spacial score (nSPS) is 18.0. The van der Waals surface area contributed by atoms with E-state index in [9.17, 15) is 0 Å². The summed E-state index contributed by atoms with van der Waals surface area (Å²) in [7, 11) is 0. The molecule has 3 heterocycles. The smallest absolute Gasteiger partial charge is 0.231 e. The number of ether oxygens (including phenoxy) is 2. The minimum Gasteiger partial charge on any atom is -0.476 e. The molecule has 0 aromatic carbocycles. The summed E-state index contributed by atoms with van der Waals surface area (Å²) in [6, 6.07) is 3.71. The molecule has 0 amide bonds. The molecule has 2 aromatic heterocycles. The van der Waals surface area contributed by atoms with Gasteiger partial charge in [0.1, 0.15) is 4.60 Å². The summed E-state index contributed by atoms with van der Waals surface area (Å²) in [4.78, 5) is 4.17. The largest absolute Gasteiger partial charge is 0.476 e. The predicted molar refractivity (Wildman–Crippen MR) is 65.1 cm³/mol. The molecule has 0 N–H and O–H groups in total. The van der Waals surface area contributed by atoms with E-state index in [1.807, 2.05) is 12.1 Å². The number of hydrogen-bond acceptors (Lipinski definition) is 4. The fourth-order valence-electron chi connectivity index (χ4n) is 1.69. The molecule has 17 heavy (non-hydrogen) atoms. The van der Waals surface area contributed by atoms with Crippen LogP contribution in [0.3, 0.4) is 0 Å². The van der Waals surface area contributed by atoms with E-state index in [-0.39, 0.29) is 5.41 Å². The van der Waals surface area contributed by atoms with Gasteiger partial charge in [0.05, 0.1) is 26.0 Å². The van der Waals surface area contributed by atoms with Crippen molar-refractivity contribution in [3.05, 3.63) is 22.9 Å². The van der Waals surface area contributed by atoms with E-state index in [1.165, 1.54) is 0 Å². The average molecular weight is 298 g/mol. The zero-order valence-corrected chi connectivity index (χ0v) is 11.0. The van der Waals surface area contributed by atoms with Crippen molar-refractivity contribution in [2.45, 2.75) is 6.92 Å². The van der Waals surface area contributed by atoms with Crippen LogP contribution < -0.4 is 4.74 Å². The van der Waals surface area contributed by atoms with Crippen LogP contribution in [0.2, 0.25) is 0 Å². The van der Waals surface area contributed by atoms with Gasteiger partial charge in [-0.05, 0) is 22.0 Å². The van der Waals surface area contributed by atoms with Crippen molar-refractivity contribution in [1.82, 2.24) is 14.6 Å². The van der Waals surface area contributed by atoms with Gasteiger partial charge < -0.3 is 9.47 Å². The molecule has 1 aliphatic heterocycles. The van der Waals surface area contributed by atoms with Crippen LogP contribution in [0.1, 0.15) is 6.92 Å². The van der Waals surface area contributed by atoms with Gasteiger partial charge in [-0.25, -0.2) is 9.50 Å². The van der Waals surface area contributed by atoms with Gasteiger partial charge in [0, 0.05) is 11.5 Å². The first-order valence-corrected chi connectivity index (χ1v) is 6.16. The van der Waals surface area contributed by atoms with Gasteiger partial charge >= 0.3 is 0 Å². The van der Waals surface area contributed by atoms with E-state index in [4.69, 9.17) is 9.47 Å². The molecule has 90 valence electrons. The molecule has 1 saturated heterocycles. The summed E-state index contributed by atoms with van der Waals surface area (Å²) in [5, 5.41) is 4.34. The molecule has 0 atom stereocenters. The first-order valence-electron chi connectivity index (χ1n) is 5.37. The highest BCUT2D eigenvalue weighted by atomic mass is 79.9. The highest BCUT2D eigenvalue weighted by Gasteiger charge is 2.34. The molecule has 0 saturated carbocycles. The van der Waals surface area contributed by atoms with Crippen LogP contribution >= 0.6 is 15.9 Å². The minimum atomic E-state index is 0.128. The zero-order chi connectivity index (χ0) is 11.9. The topological polar surface area (TPSA) is 48.7 Å². The highest BCUT2D eigenvalue weighted by Crippen LogP contribution is 2.27. The molecule has 1 fully saturated rings. The van der Waals surface area contributed by atoms with Gasteiger partial charge in [-0.15, -0.1) is 5.10 Å². The second kappa shape index (κ2) is 3.96. The lowest BCUT2D eigenvalue weighted by Gasteiger charge is -2.37. The average Bonchev–Trinajstić information content (AvgIpc) is 2.66. The van der Waals surface area contributed by atoms with Gasteiger partial charge in [0.15, 0.2) is 5.65 Å². The lowest BCUT2D eigenvalue weighted by Crippen LogP contribution is -2.44. The Kier molecular flexibility index (Phi) is 2.56. The lowest BCUT2D eigenvalue weighted by atomic mass is 9.90. The molecule has 0 bridgehead atoms. The maximum atomic E-state index is 5.68. The van der Waals surface area contributed by atoms with Crippen molar-refractivity contribution in [3.8, 4) is 5.88 Å². The van der Waals surface area contributed by atoms with Gasteiger partial charge in [0.25, 0.3) is 0 Å². The monoisotopic (exact) mass is 297 g/mol. The molecule has 1 aliphatic rings. The third kappa shape index (κ3) is 2.02. The number of hydrogen-bond donors (Lipinski definition) is 0. The molecule has 0 radical (unpaired) electrons. The number of rotatable bonds is 3. The van der Waals surface area contributed by atoms with Crippen molar-refractivity contribution in [2.75, 3.05) is 19.8 Å². The number of aromatic nitrogens is 3. The molecule has 2 aromatic rings. The molecule has 5 nitrogen and oxygen atoms in total. The van der Waals surface area contributed by atoms with Crippen molar-refractivity contribution in [3.63, 3.8) is 0 Å². The summed E-state index contributed by atoms with van der Waals surface area (Å²) in [6.07, 6.45) is 1.72. The summed E-state index contributed by atoms with van der Waals surface area (Å²) in [5.74, 6) is 0.601. The Labute approximate surface area is 107 Å². The summed E-state index contributed by atoms with van der Waals surface area (Å²) in [5.41, 5.74) is 0.922. The third-order valence-corrected chi connectivity index (χ3v) is 3.31. The predicted octanol–water partition coefficient (Wildman–Crippen LogP) is 1.91. The fraction of sp³-hybridized carbons (Fsp3) is 0.455. The first kappa shape index (κ1) is 11.0. The Morgan fingerprint density at radius 2 is 2.35 bits per heavy atom. The molecule has 0 spiro atoms. The van der Waals surface area contributed by atoms with Crippen LogP contribution in [-0.4, -0.2) is 34.4 Å². The van der Waals surface area contributed by atoms with E-state index >= 15 is 0 Å². The summed E-state index contributed by atoms with van der Waals surface area (Å²) in [6.45, 7) is 4.27. The van der Waals surface area contributed by atoms with Crippen LogP contribution in [0.4, 0.5) is 0 Å². The van der Waals surface area contributed by atoms with Crippen molar-refractivity contribution in [1.29, 1.82) is 0 Å². The maximum Gasteiger partial charge on any atom is 0.231 e. The quantitative estimate of drug-likeness (QED) is 0.868. The zero-order valence-electron chi connectivity index (χ0n) is 9.39. The van der Waals surface area contributed by atoms with Crippen LogP contribution in [0, 0.1) is 5.41 Å². The Balaban J connectivity index is 1.78. The Morgan fingerprint density at radius 3 is 3.06 bits per heavy atom. The highest BCUT2D eigenvalue weighted by molar-refractivity contribution is 9.10. The third-order valence-electron chi connectivity index (χ3n) is 2.77. The van der Waals surface area contributed by atoms with Crippen LogP contribution in [0.5, 0.6) is 5.88 Å². The number of halogens is 1. The van der Waals surface area contributed by atoms with Crippen molar-refractivity contribution >= 4 is 21.6 Å². The lowest BCUT2D eigenvalue weighted by molar-refractivity contribution is -0.120. The van der Waals surface area contributed by atoms with Crippen LogP contribution in [0.25, 0.3) is 5.65 Å². The van der Waals surface area contributed by atoms with Gasteiger partial charge in [-0.1, -0.05) is 6.92 Å². The van der Waals surface area contributed by atoms with E-state index in [1.54, 1.807) is 10.7 Å². The number of imidazole rings is 1. The van der Waals surface area contributed by atoms with E-state index in [0.717, 1.165) is 23.5 Å².